The number of rotatable bonds is 9. The minimum absolute atomic E-state index is 0.625. The fraction of sp³-hybridized carbons (Fsp3) is 0.467. The molecule has 0 unspecified atom stereocenters. The zero-order valence-corrected chi connectivity index (χ0v) is 12.6. The molecular weight excluding hydrogens is 290 g/mol. The fourth-order valence-corrected chi connectivity index (χ4v) is 2.31. The highest BCUT2D eigenvalue weighted by atomic mass is 79.9. The fourth-order valence-electron chi connectivity index (χ4n) is 1.83. The normalized spacial score (nSPS) is 10.3. The van der Waals surface area contributed by atoms with E-state index in [9.17, 15) is 0 Å². The summed E-state index contributed by atoms with van der Waals surface area (Å²) in [7, 11) is 1.72. The molecule has 0 saturated heterocycles. The van der Waals surface area contributed by atoms with Gasteiger partial charge in [0.1, 0.15) is 0 Å². The summed E-state index contributed by atoms with van der Waals surface area (Å²) in [5.74, 6) is 0. The number of halogens is 1. The Morgan fingerprint density at radius 2 is 2.17 bits per heavy atom. The van der Waals surface area contributed by atoms with Crippen molar-refractivity contribution in [1.29, 1.82) is 0 Å². The van der Waals surface area contributed by atoms with Crippen molar-refractivity contribution in [2.75, 3.05) is 19.0 Å². The number of benzene rings is 1. The molecule has 0 saturated carbocycles. The summed E-state index contributed by atoms with van der Waals surface area (Å²) in [6.45, 7) is 5.36. The molecular formula is C15H22BrNO. The van der Waals surface area contributed by atoms with Gasteiger partial charge in [-0.2, -0.15) is 0 Å². The number of ether oxygens (including phenoxy) is 1. The number of hydrogen-bond donors (Lipinski definition) is 1. The van der Waals surface area contributed by atoms with E-state index in [4.69, 9.17) is 4.74 Å². The van der Waals surface area contributed by atoms with Crippen LogP contribution in [0.4, 0.5) is 5.69 Å². The van der Waals surface area contributed by atoms with Crippen molar-refractivity contribution >= 4 is 21.6 Å². The van der Waals surface area contributed by atoms with Crippen LogP contribution in [-0.4, -0.2) is 13.7 Å². The third-order valence-electron chi connectivity index (χ3n) is 2.81. The molecule has 1 rings (SSSR count). The van der Waals surface area contributed by atoms with Crippen molar-refractivity contribution in [3.05, 3.63) is 40.9 Å². The molecule has 0 aromatic heterocycles. The number of methoxy groups -OCH3 is 1. The molecule has 0 heterocycles. The van der Waals surface area contributed by atoms with Crippen molar-refractivity contribution in [3.63, 3.8) is 0 Å². The number of anilines is 1. The molecule has 0 fully saturated rings. The van der Waals surface area contributed by atoms with Gasteiger partial charge in [0.15, 0.2) is 0 Å². The topological polar surface area (TPSA) is 21.3 Å². The molecule has 1 aromatic rings. The second-order valence-electron chi connectivity index (χ2n) is 4.26. The predicted molar refractivity (Wildman–Crippen MR) is 82.0 cm³/mol. The van der Waals surface area contributed by atoms with Crippen LogP contribution < -0.4 is 5.32 Å². The summed E-state index contributed by atoms with van der Waals surface area (Å²) in [6, 6.07) is 6.19. The summed E-state index contributed by atoms with van der Waals surface area (Å²) in [5.41, 5.74) is 2.35. The zero-order valence-electron chi connectivity index (χ0n) is 11.0. The SMILES string of the molecule is C=CCCCCCNc1cccc(Br)c1COC. The largest absolute Gasteiger partial charge is 0.385 e. The molecule has 0 atom stereocenters. The second-order valence-corrected chi connectivity index (χ2v) is 5.12. The third-order valence-corrected chi connectivity index (χ3v) is 3.55. The molecule has 100 valence electrons. The second kappa shape index (κ2) is 9.17. The predicted octanol–water partition coefficient (Wildman–Crippen LogP) is 4.75. The van der Waals surface area contributed by atoms with E-state index in [2.05, 4.69) is 33.9 Å². The van der Waals surface area contributed by atoms with Gasteiger partial charge in [0.2, 0.25) is 0 Å². The quantitative estimate of drug-likeness (QED) is 0.524. The van der Waals surface area contributed by atoms with Gasteiger partial charge in [0.25, 0.3) is 0 Å². The minimum Gasteiger partial charge on any atom is -0.385 e. The van der Waals surface area contributed by atoms with E-state index in [1.54, 1.807) is 7.11 Å². The Bertz CT molecular complexity index is 366. The van der Waals surface area contributed by atoms with E-state index in [1.165, 1.54) is 24.8 Å². The highest BCUT2D eigenvalue weighted by molar-refractivity contribution is 9.10. The number of unbranched alkanes of at least 4 members (excludes halogenated alkanes) is 3. The Hall–Kier alpha value is -0.800. The van der Waals surface area contributed by atoms with Crippen LogP contribution in [0, 0.1) is 0 Å². The molecule has 1 N–H and O–H groups in total. The van der Waals surface area contributed by atoms with Gasteiger partial charge in [-0.1, -0.05) is 34.5 Å². The first-order valence-electron chi connectivity index (χ1n) is 6.40. The monoisotopic (exact) mass is 311 g/mol. The first-order valence-corrected chi connectivity index (χ1v) is 7.20. The van der Waals surface area contributed by atoms with Gasteiger partial charge < -0.3 is 10.1 Å². The lowest BCUT2D eigenvalue weighted by Gasteiger charge is -2.13. The van der Waals surface area contributed by atoms with Crippen LogP contribution in [0.3, 0.4) is 0 Å². The maximum atomic E-state index is 5.23. The van der Waals surface area contributed by atoms with E-state index in [0.29, 0.717) is 6.61 Å². The molecule has 1 aromatic carbocycles. The zero-order chi connectivity index (χ0) is 13.2. The average molecular weight is 312 g/mol. The van der Waals surface area contributed by atoms with Gasteiger partial charge in [0, 0.05) is 29.4 Å². The Kier molecular flexibility index (Phi) is 7.78. The van der Waals surface area contributed by atoms with E-state index < -0.39 is 0 Å². The van der Waals surface area contributed by atoms with Crippen LogP contribution >= 0.6 is 15.9 Å². The molecule has 0 aliphatic carbocycles. The van der Waals surface area contributed by atoms with Gasteiger partial charge in [-0.3, -0.25) is 0 Å². The maximum absolute atomic E-state index is 5.23. The Labute approximate surface area is 119 Å². The van der Waals surface area contributed by atoms with Gasteiger partial charge >= 0.3 is 0 Å². The molecule has 0 radical (unpaired) electrons. The average Bonchev–Trinajstić information content (AvgIpc) is 2.37. The molecule has 2 nitrogen and oxygen atoms in total. The molecule has 0 bridgehead atoms. The van der Waals surface area contributed by atoms with Crippen LogP contribution in [0.15, 0.2) is 35.3 Å². The van der Waals surface area contributed by atoms with Crippen LogP contribution in [0.5, 0.6) is 0 Å². The van der Waals surface area contributed by atoms with Crippen LogP contribution in [0.2, 0.25) is 0 Å². The van der Waals surface area contributed by atoms with Gasteiger partial charge in [-0.05, 0) is 31.4 Å². The van der Waals surface area contributed by atoms with E-state index in [1.807, 2.05) is 18.2 Å². The lowest BCUT2D eigenvalue weighted by atomic mass is 10.1. The summed E-state index contributed by atoms with van der Waals surface area (Å²) in [4.78, 5) is 0. The van der Waals surface area contributed by atoms with Crippen molar-refractivity contribution in [3.8, 4) is 0 Å². The number of nitrogens with one attached hydrogen (secondary N) is 1. The lowest BCUT2D eigenvalue weighted by molar-refractivity contribution is 0.185. The van der Waals surface area contributed by atoms with Crippen molar-refractivity contribution in [2.45, 2.75) is 32.3 Å². The number of hydrogen-bond acceptors (Lipinski definition) is 2. The highest BCUT2D eigenvalue weighted by Gasteiger charge is 2.05. The van der Waals surface area contributed by atoms with Crippen molar-refractivity contribution in [1.82, 2.24) is 0 Å². The highest BCUT2D eigenvalue weighted by Crippen LogP contribution is 2.25. The van der Waals surface area contributed by atoms with Gasteiger partial charge in [-0.25, -0.2) is 0 Å². The summed E-state index contributed by atoms with van der Waals surface area (Å²) in [5, 5.41) is 3.48. The maximum Gasteiger partial charge on any atom is 0.0744 e. The third kappa shape index (κ3) is 5.23. The smallest absolute Gasteiger partial charge is 0.0744 e. The summed E-state index contributed by atoms with van der Waals surface area (Å²) in [6.07, 6.45) is 6.76. The molecule has 0 aliphatic rings. The molecule has 0 aliphatic heterocycles. The standard InChI is InChI=1S/C15H22BrNO/c1-3-4-5-6-7-11-17-15-10-8-9-14(16)13(15)12-18-2/h3,8-10,17H,1,4-7,11-12H2,2H3. The first-order chi connectivity index (χ1) is 8.79. The lowest BCUT2D eigenvalue weighted by Crippen LogP contribution is -2.05. The first kappa shape index (κ1) is 15.3. The van der Waals surface area contributed by atoms with Crippen molar-refractivity contribution < 1.29 is 4.74 Å². The minimum atomic E-state index is 0.625. The van der Waals surface area contributed by atoms with Crippen molar-refractivity contribution in [2.24, 2.45) is 0 Å². The Morgan fingerprint density at radius 3 is 2.89 bits per heavy atom. The summed E-state index contributed by atoms with van der Waals surface area (Å²) >= 11 is 3.56. The van der Waals surface area contributed by atoms with E-state index in [-0.39, 0.29) is 0 Å². The van der Waals surface area contributed by atoms with Crippen LogP contribution in [-0.2, 0) is 11.3 Å². The Balaban J connectivity index is 2.41. The number of allylic oxidation sites excluding steroid dienone is 1. The molecule has 3 heteroatoms. The van der Waals surface area contributed by atoms with Gasteiger partial charge in [-0.15, -0.1) is 6.58 Å². The molecule has 0 amide bonds. The Morgan fingerprint density at radius 1 is 1.33 bits per heavy atom. The molecule has 18 heavy (non-hydrogen) atoms. The van der Waals surface area contributed by atoms with Crippen LogP contribution in [0.1, 0.15) is 31.2 Å². The van der Waals surface area contributed by atoms with Gasteiger partial charge in [0.05, 0.1) is 6.61 Å². The van der Waals surface area contributed by atoms with E-state index >= 15 is 0 Å². The summed E-state index contributed by atoms with van der Waals surface area (Å²) < 4.78 is 6.33. The molecule has 0 spiro atoms. The van der Waals surface area contributed by atoms with Crippen LogP contribution in [0.25, 0.3) is 0 Å². The van der Waals surface area contributed by atoms with E-state index in [0.717, 1.165) is 23.1 Å².